The molecule has 1 aromatic rings. The fourth-order valence-electron chi connectivity index (χ4n) is 2.61. The number of hydrogen-bond acceptors (Lipinski definition) is 2. The predicted molar refractivity (Wildman–Crippen MR) is 71.5 cm³/mol. The summed E-state index contributed by atoms with van der Waals surface area (Å²) in [6.07, 6.45) is 5.56. The highest BCUT2D eigenvalue weighted by atomic mass is 14.4. The van der Waals surface area contributed by atoms with Gasteiger partial charge in [-0.3, -0.25) is 0 Å². The molecule has 0 N–H and O–H groups in total. The summed E-state index contributed by atoms with van der Waals surface area (Å²) in [7, 11) is 0. The molecular weight excluding hydrogens is 220 g/mol. The van der Waals surface area contributed by atoms with Crippen molar-refractivity contribution in [2.75, 3.05) is 0 Å². The molecule has 0 fully saturated rings. The number of unbranched alkanes of at least 4 members (excludes halogenated alkanes) is 1. The van der Waals surface area contributed by atoms with Crippen molar-refractivity contribution in [1.82, 2.24) is 0 Å². The second-order valence-electron chi connectivity index (χ2n) is 4.78. The molecule has 1 aliphatic carbocycles. The topological polar surface area (TPSA) is 47.6 Å². The third-order valence-electron chi connectivity index (χ3n) is 3.68. The van der Waals surface area contributed by atoms with Crippen LogP contribution in [0, 0.1) is 22.7 Å². The minimum atomic E-state index is -0.438. The summed E-state index contributed by atoms with van der Waals surface area (Å²) in [6, 6.07) is 12.6. The first kappa shape index (κ1) is 12.4. The number of fused-ring (bicyclic) bond motifs is 1. The van der Waals surface area contributed by atoms with Gasteiger partial charge in [-0.25, -0.2) is 0 Å². The van der Waals surface area contributed by atoms with Crippen LogP contribution in [0.3, 0.4) is 0 Å². The lowest BCUT2D eigenvalue weighted by Crippen LogP contribution is -2.27. The van der Waals surface area contributed by atoms with Crippen LogP contribution in [0.1, 0.15) is 43.7 Å². The van der Waals surface area contributed by atoms with E-state index in [0.29, 0.717) is 12.0 Å². The molecule has 0 radical (unpaired) electrons. The Bertz CT molecular complexity index is 557. The van der Waals surface area contributed by atoms with Gasteiger partial charge in [-0.1, -0.05) is 50.1 Å². The molecule has 0 spiro atoms. The van der Waals surface area contributed by atoms with E-state index in [1.807, 2.05) is 30.3 Å². The fourth-order valence-corrected chi connectivity index (χ4v) is 2.61. The minimum Gasteiger partial charge on any atom is -0.197 e. The Balaban J connectivity index is 2.52. The summed E-state index contributed by atoms with van der Waals surface area (Å²) >= 11 is 0. The monoisotopic (exact) mass is 236 g/mol. The maximum absolute atomic E-state index is 9.61. The van der Waals surface area contributed by atoms with E-state index in [1.165, 1.54) is 0 Å². The quantitative estimate of drug-likeness (QED) is 0.797. The van der Waals surface area contributed by atoms with E-state index < -0.39 is 5.41 Å². The molecule has 0 bridgehead atoms. The molecule has 0 heterocycles. The summed E-state index contributed by atoms with van der Waals surface area (Å²) in [6.45, 7) is 2.14. The summed E-state index contributed by atoms with van der Waals surface area (Å²) in [5.41, 5.74) is 2.23. The van der Waals surface area contributed by atoms with Crippen molar-refractivity contribution in [3.05, 3.63) is 41.5 Å². The van der Waals surface area contributed by atoms with Gasteiger partial charge in [-0.05, 0) is 24.0 Å². The van der Waals surface area contributed by atoms with Gasteiger partial charge >= 0.3 is 0 Å². The summed E-state index contributed by atoms with van der Waals surface area (Å²) in [5, 5.41) is 18.8. The van der Waals surface area contributed by atoms with Crippen LogP contribution in [0.4, 0.5) is 0 Å². The van der Waals surface area contributed by atoms with Crippen LogP contribution < -0.4 is 0 Å². The molecule has 1 aromatic carbocycles. The number of allylic oxidation sites excluding steroid dienone is 2. The third-order valence-corrected chi connectivity index (χ3v) is 3.68. The van der Waals surface area contributed by atoms with Crippen LogP contribution in [0.25, 0.3) is 5.57 Å². The molecule has 0 amide bonds. The van der Waals surface area contributed by atoms with E-state index in [2.05, 4.69) is 19.1 Å². The van der Waals surface area contributed by atoms with Crippen LogP contribution in [-0.4, -0.2) is 0 Å². The lowest BCUT2D eigenvalue weighted by Gasteiger charge is -2.31. The molecule has 2 nitrogen and oxygen atoms in total. The summed E-state index contributed by atoms with van der Waals surface area (Å²) in [4.78, 5) is 0. The second-order valence-corrected chi connectivity index (χ2v) is 4.78. The molecule has 2 rings (SSSR count). The SMILES string of the molecule is CCCCC1(C#N)CC=C(C#N)c2ccccc21. The van der Waals surface area contributed by atoms with E-state index in [-0.39, 0.29) is 0 Å². The van der Waals surface area contributed by atoms with Gasteiger partial charge in [-0.15, -0.1) is 0 Å². The average molecular weight is 236 g/mol. The van der Waals surface area contributed by atoms with Crippen molar-refractivity contribution in [1.29, 1.82) is 10.5 Å². The minimum absolute atomic E-state index is 0.438. The zero-order valence-corrected chi connectivity index (χ0v) is 10.6. The van der Waals surface area contributed by atoms with Gasteiger partial charge in [0.05, 0.1) is 23.1 Å². The number of nitriles is 2. The molecule has 90 valence electrons. The average Bonchev–Trinajstić information content (AvgIpc) is 2.45. The number of nitrogens with zero attached hydrogens (tertiary/aromatic N) is 2. The van der Waals surface area contributed by atoms with Gasteiger partial charge in [0, 0.05) is 0 Å². The van der Waals surface area contributed by atoms with Crippen molar-refractivity contribution >= 4 is 5.57 Å². The number of benzene rings is 1. The fraction of sp³-hybridized carbons (Fsp3) is 0.375. The normalized spacial score (nSPS) is 21.4. The Labute approximate surface area is 108 Å². The highest BCUT2D eigenvalue weighted by molar-refractivity contribution is 5.81. The van der Waals surface area contributed by atoms with E-state index in [4.69, 9.17) is 5.26 Å². The molecule has 0 aliphatic heterocycles. The van der Waals surface area contributed by atoms with Crippen molar-refractivity contribution in [3.8, 4) is 12.1 Å². The van der Waals surface area contributed by atoms with Crippen LogP contribution >= 0.6 is 0 Å². The van der Waals surface area contributed by atoms with Gasteiger partial charge in [0.25, 0.3) is 0 Å². The zero-order valence-electron chi connectivity index (χ0n) is 10.6. The summed E-state index contributed by atoms with van der Waals surface area (Å²) in [5.74, 6) is 0. The maximum Gasteiger partial charge on any atom is 0.0994 e. The number of hydrogen-bond donors (Lipinski definition) is 0. The van der Waals surface area contributed by atoms with Crippen LogP contribution in [-0.2, 0) is 5.41 Å². The van der Waals surface area contributed by atoms with Crippen LogP contribution in [0.5, 0.6) is 0 Å². The van der Waals surface area contributed by atoms with Crippen molar-refractivity contribution in [3.63, 3.8) is 0 Å². The lowest BCUT2D eigenvalue weighted by atomic mass is 9.69. The molecule has 2 heteroatoms. The first-order chi connectivity index (χ1) is 8.77. The van der Waals surface area contributed by atoms with Gasteiger partial charge in [0.1, 0.15) is 0 Å². The van der Waals surface area contributed by atoms with Gasteiger partial charge in [0.2, 0.25) is 0 Å². The highest BCUT2D eigenvalue weighted by Crippen LogP contribution is 2.41. The Kier molecular flexibility index (Phi) is 3.49. The number of rotatable bonds is 3. The Hall–Kier alpha value is -2.06. The molecule has 18 heavy (non-hydrogen) atoms. The lowest BCUT2D eigenvalue weighted by molar-refractivity contribution is 0.480. The maximum atomic E-state index is 9.61. The largest absolute Gasteiger partial charge is 0.197 e. The molecule has 1 atom stereocenters. The van der Waals surface area contributed by atoms with Crippen molar-refractivity contribution < 1.29 is 0 Å². The Morgan fingerprint density at radius 2 is 2.06 bits per heavy atom. The second kappa shape index (κ2) is 5.07. The summed E-state index contributed by atoms with van der Waals surface area (Å²) < 4.78 is 0. The Morgan fingerprint density at radius 3 is 2.72 bits per heavy atom. The van der Waals surface area contributed by atoms with Gasteiger partial charge < -0.3 is 0 Å². The third kappa shape index (κ3) is 1.91. The molecule has 1 aliphatic rings. The van der Waals surface area contributed by atoms with E-state index in [9.17, 15) is 5.26 Å². The zero-order chi connectivity index (χ0) is 13.0. The molecule has 0 saturated carbocycles. The molecule has 1 unspecified atom stereocenters. The molecular formula is C16H16N2. The highest BCUT2D eigenvalue weighted by Gasteiger charge is 2.36. The first-order valence-electron chi connectivity index (χ1n) is 6.39. The van der Waals surface area contributed by atoms with Gasteiger partial charge in [0.15, 0.2) is 0 Å². The van der Waals surface area contributed by atoms with E-state index in [0.717, 1.165) is 30.4 Å². The first-order valence-corrected chi connectivity index (χ1v) is 6.39. The Morgan fingerprint density at radius 1 is 1.28 bits per heavy atom. The standard InChI is InChI=1S/C16H16N2/c1-2-3-9-16(12-18)10-8-13(11-17)14-6-4-5-7-15(14)16/h4-8H,2-3,9-10H2,1H3. The van der Waals surface area contributed by atoms with Crippen LogP contribution in [0.15, 0.2) is 30.3 Å². The van der Waals surface area contributed by atoms with E-state index >= 15 is 0 Å². The van der Waals surface area contributed by atoms with Gasteiger partial charge in [-0.2, -0.15) is 10.5 Å². The van der Waals surface area contributed by atoms with Crippen LogP contribution in [0.2, 0.25) is 0 Å². The smallest absolute Gasteiger partial charge is 0.0994 e. The van der Waals surface area contributed by atoms with Crippen molar-refractivity contribution in [2.45, 2.75) is 38.0 Å². The molecule has 0 saturated heterocycles. The van der Waals surface area contributed by atoms with E-state index in [1.54, 1.807) is 0 Å². The predicted octanol–water partition coefficient (Wildman–Crippen LogP) is 3.95. The van der Waals surface area contributed by atoms with Crippen molar-refractivity contribution in [2.24, 2.45) is 0 Å². The molecule has 0 aromatic heterocycles.